The molecule has 3 rings (SSSR count). The summed E-state index contributed by atoms with van der Waals surface area (Å²) in [6, 6.07) is -0.936. The predicted octanol–water partition coefficient (Wildman–Crippen LogP) is 3.42. The second-order valence-corrected chi connectivity index (χ2v) is 10.4. The van der Waals surface area contributed by atoms with Crippen molar-refractivity contribution in [2.45, 2.75) is 133 Å². The summed E-state index contributed by atoms with van der Waals surface area (Å²) in [5.41, 5.74) is 2.67. The van der Waals surface area contributed by atoms with Gasteiger partial charge in [-0.15, -0.1) is 0 Å². The lowest BCUT2D eigenvalue weighted by Gasteiger charge is -2.52. The Bertz CT molecular complexity index is 587. The van der Waals surface area contributed by atoms with Gasteiger partial charge in [0.2, 0.25) is 11.8 Å². The maximum Gasteiger partial charge on any atom is 0.238 e. The Labute approximate surface area is 181 Å². The summed E-state index contributed by atoms with van der Waals surface area (Å²) >= 11 is 0. The molecule has 3 fully saturated rings. The van der Waals surface area contributed by atoms with Gasteiger partial charge in [0.25, 0.3) is 0 Å². The van der Waals surface area contributed by atoms with E-state index in [9.17, 15) is 19.8 Å². The molecule has 0 radical (unpaired) electrons. The van der Waals surface area contributed by atoms with Crippen LogP contribution in [-0.2, 0) is 9.59 Å². The first kappa shape index (κ1) is 23.5. The highest BCUT2D eigenvalue weighted by Gasteiger charge is 2.54. The number of primary amides is 1. The first-order chi connectivity index (χ1) is 14.2. The zero-order chi connectivity index (χ0) is 22.0. The molecule has 3 aliphatic rings. The SMILES string of the molecule is CC(N(C(=O)C1(C(N)=O)CCCCC1)C(C)C1(O)CCCCC1)C1(O)CCCCC1. The third-order valence-electron chi connectivity index (χ3n) is 8.65. The average Bonchev–Trinajstić information content (AvgIpc) is 2.75. The van der Waals surface area contributed by atoms with E-state index >= 15 is 0 Å². The van der Waals surface area contributed by atoms with Crippen molar-refractivity contribution < 1.29 is 19.8 Å². The van der Waals surface area contributed by atoms with Crippen LogP contribution >= 0.6 is 0 Å². The number of aliphatic hydroxyl groups is 2. The smallest absolute Gasteiger partial charge is 0.238 e. The van der Waals surface area contributed by atoms with Crippen molar-refractivity contribution in [3.05, 3.63) is 0 Å². The van der Waals surface area contributed by atoms with E-state index < -0.39 is 34.6 Å². The Morgan fingerprint density at radius 3 is 1.37 bits per heavy atom. The van der Waals surface area contributed by atoms with Gasteiger partial charge in [0.1, 0.15) is 5.41 Å². The van der Waals surface area contributed by atoms with Crippen molar-refractivity contribution in [2.75, 3.05) is 0 Å². The fourth-order valence-corrected chi connectivity index (χ4v) is 6.34. The Balaban J connectivity index is 1.99. The Hall–Kier alpha value is -1.14. The Kier molecular flexibility index (Phi) is 7.18. The number of amides is 2. The minimum Gasteiger partial charge on any atom is -0.388 e. The number of nitrogens with two attached hydrogens (primary N) is 1. The second kappa shape index (κ2) is 9.15. The number of carbonyl (C=O) groups excluding carboxylic acids is 2. The van der Waals surface area contributed by atoms with Crippen molar-refractivity contribution in [2.24, 2.45) is 11.1 Å². The quantitative estimate of drug-likeness (QED) is 0.571. The van der Waals surface area contributed by atoms with Crippen LogP contribution in [0.15, 0.2) is 0 Å². The molecule has 0 aromatic heterocycles. The third kappa shape index (κ3) is 4.27. The lowest BCUT2D eigenvalue weighted by atomic mass is 9.70. The third-order valence-corrected chi connectivity index (χ3v) is 8.65. The lowest BCUT2D eigenvalue weighted by molar-refractivity contribution is -0.174. The van der Waals surface area contributed by atoms with Gasteiger partial charge in [0, 0.05) is 0 Å². The van der Waals surface area contributed by atoms with Gasteiger partial charge in [-0.05, 0) is 52.4 Å². The standard InChI is InChI=1S/C24H42N2O4/c1-18(23(29)14-8-4-9-15-23)26(19(2)24(30)16-10-5-11-17-24)21(28)22(20(25)27)12-6-3-7-13-22/h18-19,29-30H,3-17H2,1-2H3,(H2,25,27). The van der Waals surface area contributed by atoms with Gasteiger partial charge in [-0.25, -0.2) is 0 Å². The van der Waals surface area contributed by atoms with E-state index in [1.807, 2.05) is 13.8 Å². The molecule has 2 unspecified atom stereocenters. The fourth-order valence-electron chi connectivity index (χ4n) is 6.34. The maximum atomic E-state index is 14.1. The van der Waals surface area contributed by atoms with Gasteiger partial charge in [-0.2, -0.15) is 0 Å². The molecule has 2 atom stereocenters. The Morgan fingerprint density at radius 1 is 0.700 bits per heavy atom. The molecule has 30 heavy (non-hydrogen) atoms. The zero-order valence-corrected chi connectivity index (χ0v) is 19.0. The first-order valence-electron chi connectivity index (χ1n) is 12.2. The van der Waals surface area contributed by atoms with Crippen LogP contribution in [0.1, 0.15) is 110 Å². The van der Waals surface area contributed by atoms with Crippen molar-refractivity contribution in [1.29, 1.82) is 0 Å². The lowest BCUT2D eigenvalue weighted by Crippen LogP contribution is -2.66. The Morgan fingerprint density at radius 2 is 1.03 bits per heavy atom. The highest BCUT2D eigenvalue weighted by atomic mass is 16.3. The van der Waals surface area contributed by atoms with Gasteiger partial charge in [-0.1, -0.05) is 57.8 Å². The molecule has 2 amide bonds. The summed E-state index contributed by atoms with van der Waals surface area (Å²) < 4.78 is 0. The molecule has 0 saturated heterocycles. The highest BCUT2D eigenvalue weighted by Crippen LogP contribution is 2.44. The van der Waals surface area contributed by atoms with Crippen LogP contribution in [0.3, 0.4) is 0 Å². The summed E-state index contributed by atoms with van der Waals surface area (Å²) in [5, 5.41) is 23.0. The van der Waals surface area contributed by atoms with Crippen molar-refractivity contribution in [3.8, 4) is 0 Å². The first-order valence-corrected chi connectivity index (χ1v) is 12.2. The highest BCUT2D eigenvalue weighted by molar-refractivity contribution is 6.04. The summed E-state index contributed by atoms with van der Waals surface area (Å²) in [6.07, 6.45) is 12.0. The number of nitrogens with zero attached hydrogens (tertiary/aromatic N) is 1. The molecular weight excluding hydrogens is 380 g/mol. The van der Waals surface area contributed by atoms with Crippen LogP contribution in [0.2, 0.25) is 0 Å². The molecule has 3 saturated carbocycles. The van der Waals surface area contributed by atoms with Crippen LogP contribution < -0.4 is 5.73 Å². The molecule has 0 aromatic rings. The van der Waals surface area contributed by atoms with Crippen LogP contribution in [0, 0.1) is 5.41 Å². The van der Waals surface area contributed by atoms with Gasteiger partial charge >= 0.3 is 0 Å². The normalized spacial score (nSPS) is 27.6. The summed E-state index contributed by atoms with van der Waals surface area (Å²) in [5.74, 6) is -0.824. The van der Waals surface area contributed by atoms with E-state index in [1.165, 1.54) is 0 Å². The fraction of sp³-hybridized carbons (Fsp3) is 0.917. The summed E-state index contributed by atoms with van der Waals surface area (Å²) in [4.78, 5) is 28.4. The predicted molar refractivity (Wildman–Crippen MR) is 117 cm³/mol. The molecule has 4 N–H and O–H groups in total. The van der Waals surface area contributed by atoms with Crippen LogP contribution in [-0.4, -0.2) is 50.2 Å². The van der Waals surface area contributed by atoms with Crippen molar-refractivity contribution >= 4 is 11.8 Å². The van der Waals surface area contributed by atoms with Crippen LogP contribution in [0.5, 0.6) is 0 Å². The number of carbonyl (C=O) groups is 2. The second-order valence-electron chi connectivity index (χ2n) is 10.4. The van der Waals surface area contributed by atoms with E-state index in [2.05, 4.69) is 0 Å². The van der Waals surface area contributed by atoms with E-state index in [0.717, 1.165) is 57.8 Å². The molecular formula is C24H42N2O4. The summed E-state index contributed by atoms with van der Waals surface area (Å²) in [7, 11) is 0. The average molecular weight is 423 g/mol. The van der Waals surface area contributed by atoms with Gasteiger partial charge in [0.15, 0.2) is 0 Å². The molecule has 0 aromatic carbocycles. The van der Waals surface area contributed by atoms with Gasteiger partial charge in [-0.3, -0.25) is 9.59 Å². The van der Waals surface area contributed by atoms with E-state index in [4.69, 9.17) is 5.73 Å². The monoisotopic (exact) mass is 422 g/mol. The number of hydrogen-bond donors (Lipinski definition) is 3. The molecule has 3 aliphatic carbocycles. The maximum absolute atomic E-state index is 14.1. The number of rotatable bonds is 6. The topological polar surface area (TPSA) is 104 Å². The minimum absolute atomic E-state index is 0.271. The molecule has 6 nitrogen and oxygen atoms in total. The molecule has 6 heteroatoms. The zero-order valence-electron chi connectivity index (χ0n) is 19.0. The van der Waals surface area contributed by atoms with Crippen molar-refractivity contribution in [1.82, 2.24) is 4.90 Å². The van der Waals surface area contributed by atoms with E-state index in [1.54, 1.807) is 4.90 Å². The van der Waals surface area contributed by atoms with E-state index in [-0.39, 0.29) is 5.91 Å². The number of hydrogen-bond acceptors (Lipinski definition) is 4. The molecule has 0 heterocycles. The van der Waals surface area contributed by atoms with Gasteiger partial charge in [0.05, 0.1) is 23.3 Å². The van der Waals surface area contributed by atoms with Crippen molar-refractivity contribution in [3.63, 3.8) is 0 Å². The molecule has 0 aliphatic heterocycles. The van der Waals surface area contributed by atoms with Gasteiger partial charge < -0.3 is 20.8 Å². The van der Waals surface area contributed by atoms with Crippen LogP contribution in [0.4, 0.5) is 0 Å². The molecule has 172 valence electrons. The van der Waals surface area contributed by atoms with E-state index in [0.29, 0.717) is 38.5 Å². The molecule has 0 bridgehead atoms. The largest absolute Gasteiger partial charge is 0.388 e. The molecule has 0 spiro atoms. The minimum atomic E-state index is -1.21. The summed E-state index contributed by atoms with van der Waals surface area (Å²) in [6.45, 7) is 3.81. The van der Waals surface area contributed by atoms with Crippen LogP contribution in [0.25, 0.3) is 0 Å².